The maximum Gasteiger partial charge on any atom is 0.339 e. The number of aromatic nitrogens is 1. The van der Waals surface area contributed by atoms with E-state index in [0.29, 0.717) is 12.0 Å². The fraction of sp³-hybridized carbons (Fsp3) is 0.125. The van der Waals surface area contributed by atoms with Crippen LogP contribution < -0.4 is 0 Å². The normalized spacial score (nSPS) is 9.68. The topological polar surface area (TPSA) is 39.2 Å². The highest BCUT2D eigenvalue weighted by Gasteiger charge is 2.13. The molecule has 0 fully saturated rings. The summed E-state index contributed by atoms with van der Waals surface area (Å²) in [5, 5.41) is 0. The molecule has 0 N–H and O–H groups in total. The predicted octanol–water partition coefficient (Wildman–Crippen LogP) is 2.71. The van der Waals surface area contributed by atoms with Crippen LogP contribution >= 0.6 is 0 Å². The number of carbonyl (C=O) groups excluding carboxylic acids is 1. The highest BCUT2D eigenvalue weighted by atomic mass is 16.5. The number of hydrogen-bond acceptors (Lipinski definition) is 3. The summed E-state index contributed by atoms with van der Waals surface area (Å²) < 4.78 is 4.72. The van der Waals surface area contributed by atoms with Crippen LogP contribution in [-0.2, 0) is 11.2 Å². The molecule has 0 saturated carbocycles. The summed E-state index contributed by atoms with van der Waals surface area (Å²) in [7, 11) is 1.34. The molecule has 0 unspecified atom stereocenters. The van der Waals surface area contributed by atoms with Crippen LogP contribution in [0.2, 0.25) is 0 Å². The number of carbonyl (C=O) groups is 1. The second kappa shape index (κ2) is 5.83. The minimum absolute atomic E-state index is 0.368. The fourth-order valence-electron chi connectivity index (χ4n) is 1.81. The smallest absolute Gasteiger partial charge is 0.339 e. The Hall–Kier alpha value is -2.60. The summed E-state index contributed by atoms with van der Waals surface area (Å²) in [6, 6.07) is 11.6. The molecule has 1 aromatic heterocycles. The molecule has 1 aromatic carbocycles. The van der Waals surface area contributed by atoms with Gasteiger partial charge >= 0.3 is 5.97 Å². The van der Waals surface area contributed by atoms with Crippen LogP contribution in [0.1, 0.15) is 15.9 Å². The van der Waals surface area contributed by atoms with Crippen molar-refractivity contribution in [3.63, 3.8) is 0 Å². The Bertz CT molecular complexity index is 627. The summed E-state index contributed by atoms with van der Waals surface area (Å²) in [6.07, 6.45) is 7.22. The first kappa shape index (κ1) is 12.8. The first-order valence-corrected chi connectivity index (χ1v) is 5.82. The first-order valence-electron chi connectivity index (χ1n) is 5.82. The minimum atomic E-state index is -0.419. The summed E-state index contributed by atoms with van der Waals surface area (Å²) >= 11 is 0. The summed E-state index contributed by atoms with van der Waals surface area (Å²) in [5.41, 5.74) is 2.94. The zero-order valence-corrected chi connectivity index (χ0v) is 10.6. The van der Waals surface area contributed by atoms with Gasteiger partial charge in [0, 0.05) is 18.2 Å². The molecule has 94 valence electrons. The Morgan fingerprint density at radius 2 is 2.11 bits per heavy atom. The summed E-state index contributed by atoms with van der Waals surface area (Å²) in [5.74, 6) is 2.13. The van der Waals surface area contributed by atoms with Gasteiger partial charge in [0.2, 0.25) is 0 Å². The van der Waals surface area contributed by atoms with Crippen molar-refractivity contribution in [2.24, 2.45) is 0 Å². The molecule has 0 spiro atoms. The molecule has 3 heteroatoms. The van der Waals surface area contributed by atoms with Gasteiger partial charge in [0.15, 0.2) is 0 Å². The van der Waals surface area contributed by atoms with Crippen molar-refractivity contribution in [2.45, 2.75) is 6.42 Å². The lowest BCUT2D eigenvalue weighted by molar-refractivity contribution is 0.0599. The van der Waals surface area contributed by atoms with Crippen LogP contribution in [0, 0.1) is 12.3 Å². The van der Waals surface area contributed by atoms with Crippen molar-refractivity contribution in [3.05, 3.63) is 53.7 Å². The largest absolute Gasteiger partial charge is 0.465 e. The molecular weight excluding hydrogens is 238 g/mol. The Morgan fingerprint density at radius 1 is 1.37 bits per heavy atom. The number of esters is 1. The van der Waals surface area contributed by atoms with Gasteiger partial charge in [-0.15, -0.1) is 12.3 Å². The molecule has 0 atom stereocenters. The lowest BCUT2D eigenvalue weighted by Gasteiger charge is -2.08. The highest BCUT2D eigenvalue weighted by molar-refractivity contribution is 5.91. The van der Waals surface area contributed by atoms with Crippen LogP contribution in [0.4, 0.5) is 0 Å². The molecule has 0 amide bonds. The average Bonchev–Trinajstić information content (AvgIpc) is 2.47. The van der Waals surface area contributed by atoms with Crippen molar-refractivity contribution in [3.8, 4) is 23.6 Å². The van der Waals surface area contributed by atoms with Crippen molar-refractivity contribution < 1.29 is 9.53 Å². The van der Waals surface area contributed by atoms with Gasteiger partial charge in [0.25, 0.3) is 0 Å². The van der Waals surface area contributed by atoms with Crippen LogP contribution in [0.5, 0.6) is 0 Å². The van der Waals surface area contributed by atoms with Crippen LogP contribution in [0.25, 0.3) is 11.3 Å². The summed E-state index contributed by atoms with van der Waals surface area (Å²) in [4.78, 5) is 15.9. The first-order chi connectivity index (χ1) is 9.26. The molecule has 0 radical (unpaired) electrons. The molecule has 0 bridgehead atoms. The lowest BCUT2D eigenvalue weighted by Crippen LogP contribution is -2.06. The number of terminal acetylenes is 1. The molecule has 0 saturated heterocycles. The van der Waals surface area contributed by atoms with Crippen molar-refractivity contribution in [2.75, 3.05) is 7.11 Å². The van der Waals surface area contributed by atoms with Gasteiger partial charge in [0.1, 0.15) is 0 Å². The quantitative estimate of drug-likeness (QED) is 0.622. The number of nitrogens with zero attached hydrogens (tertiary/aromatic N) is 1. The van der Waals surface area contributed by atoms with E-state index in [1.54, 1.807) is 0 Å². The van der Waals surface area contributed by atoms with Gasteiger partial charge < -0.3 is 4.74 Å². The highest BCUT2D eigenvalue weighted by Crippen LogP contribution is 2.20. The fourth-order valence-corrected chi connectivity index (χ4v) is 1.81. The Balaban J connectivity index is 2.48. The molecule has 3 nitrogen and oxygen atoms in total. The van der Waals surface area contributed by atoms with E-state index in [1.807, 2.05) is 36.4 Å². The maximum absolute atomic E-state index is 11.6. The zero-order valence-electron chi connectivity index (χ0n) is 10.6. The third-order valence-corrected chi connectivity index (χ3v) is 2.76. The number of pyridine rings is 1. The van der Waals surface area contributed by atoms with Crippen molar-refractivity contribution >= 4 is 5.97 Å². The van der Waals surface area contributed by atoms with Crippen molar-refractivity contribution in [1.29, 1.82) is 0 Å². The van der Waals surface area contributed by atoms with E-state index in [1.165, 1.54) is 13.3 Å². The van der Waals surface area contributed by atoms with Crippen LogP contribution in [0.3, 0.4) is 0 Å². The van der Waals surface area contributed by atoms with E-state index in [2.05, 4.69) is 10.9 Å². The maximum atomic E-state index is 11.6. The Labute approximate surface area is 112 Å². The van der Waals surface area contributed by atoms with Gasteiger partial charge in [-0.2, -0.15) is 0 Å². The van der Waals surface area contributed by atoms with Crippen LogP contribution in [0.15, 0.2) is 42.6 Å². The second-order valence-electron chi connectivity index (χ2n) is 3.97. The van der Waals surface area contributed by atoms with E-state index in [4.69, 9.17) is 11.2 Å². The molecule has 0 aliphatic heterocycles. The Kier molecular flexibility index (Phi) is 3.94. The van der Waals surface area contributed by atoms with Gasteiger partial charge in [-0.05, 0) is 11.6 Å². The third kappa shape index (κ3) is 2.80. The molecule has 1 heterocycles. The predicted molar refractivity (Wildman–Crippen MR) is 73.5 cm³/mol. The monoisotopic (exact) mass is 251 g/mol. The van der Waals surface area contributed by atoms with E-state index in [-0.39, 0.29) is 0 Å². The van der Waals surface area contributed by atoms with Gasteiger partial charge in [0.05, 0.1) is 18.4 Å². The molecular formula is C16H13NO2. The molecule has 0 aliphatic rings. The van der Waals surface area contributed by atoms with E-state index in [9.17, 15) is 4.79 Å². The number of hydrogen-bond donors (Lipinski definition) is 0. The van der Waals surface area contributed by atoms with Gasteiger partial charge in [-0.25, -0.2) is 4.79 Å². The lowest BCUT2D eigenvalue weighted by atomic mass is 10.0. The van der Waals surface area contributed by atoms with Crippen LogP contribution in [-0.4, -0.2) is 18.1 Å². The third-order valence-electron chi connectivity index (χ3n) is 2.76. The van der Waals surface area contributed by atoms with Gasteiger partial charge in [-0.3, -0.25) is 4.98 Å². The van der Waals surface area contributed by atoms with E-state index in [0.717, 1.165) is 16.8 Å². The molecule has 2 aromatic rings. The van der Waals surface area contributed by atoms with Gasteiger partial charge in [-0.1, -0.05) is 30.3 Å². The molecule has 2 rings (SSSR count). The Morgan fingerprint density at radius 3 is 2.74 bits per heavy atom. The SMILES string of the molecule is C#CCc1cc(-c2ccccc2)ncc1C(=O)OC. The summed E-state index contributed by atoms with van der Waals surface area (Å²) in [6.45, 7) is 0. The standard InChI is InChI=1S/C16H13NO2/c1-3-7-13-10-15(12-8-5-4-6-9-12)17-11-14(13)16(18)19-2/h1,4-6,8-11H,7H2,2H3. The molecule has 19 heavy (non-hydrogen) atoms. The second-order valence-corrected chi connectivity index (χ2v) is 3.97. The number of ether oxygens (including phenoxy) is 1. The minimum Gasteiger partial charge on any atom is -0.465 e. The average molecular weight is 251 g/mol. The van der Waals surface area contributed by atoms with E-state index >= 15 is 0 Å². The number of methoxy groups -OCH3 is 1. The molecule has 0 aliphatic carbocycles. The van der Waals surface area contributed by atoms with Crippen molar-refractivity contribution in [1.82, 2.24) is 4.98 Å². The number of rotatable bonds is 3. The number of benzene rings is 1. The zero-order chi connectivity index (χ0) is 13.7. The van der Waals surface area contributed by atoms with E-state index < -0.39 is 5.97 Å².